The highest BCUT2D eigenvalue weighted by Crippen LogP contribution is 2.30. The minimum atomic E-state index is -4.92. The molecule has 0 radical (unpaired) electrons. The quantitative estimate of drug-likeness (QED) is 0.600. The van der Waals surface area contributed by atoms with Crippen molar-refractivity contribution in [3.05, 3.63) is 23.5 Å². The van der Waals surface area contributed by atoms with E-state index in [2.05, 4.69) is 4.98 Å². The van der Waals surface area contributed by atoms with Crippen molar-refractivity contribution in [2.24, 2.45) is 0 Å². The number of hydrogen-bond donors (Lipinski definition) is 3. The van der Waals surface area contributed by atoms with Gasteiger partial charge in [0.05, 0.1) is 5.56 Å². The maximum atomic E-state index is 12.4. The fourth-order valence-electron chi connectivity index (χ4n) is 1.01. The van der Waals surface area contributed by atoms with E-state index >= 15 is 0 Å². The highest BCUT2D eigenvalue weighted by Gasteiger charge is 2.37. The Hall–Kier alpha value is -1.61. The van der Waals surface area contributed by atoms with Crippen LogP contribution in [0.1, 0.15) is 16.1 Å². The Morgan fingerprint density at radius 3 is 2.31 bits per heavy atom. The molecule has 0 saturated heterocycles. The second-order valence-electron chi connectivity index (χ2n) is 2.84. The number of alkyl halides is 3. The van der Waals surface area contributed by atoms with Crippen LogP contribution < -0.4 is 5.46 Å². The van der Waals surface area contributed by atoms with Crippen molar-refractivity contribution in [2.75, 3.05) is 0 Å². The van der Waals surface area contributed by atoms with E-state index in [0.29, 0.717) is 12.3 Å². The zero-order valence-corrected chi connectivity index (χ0v) is 7.56. The first-order valence-electron chi connectivity index (χ1n) is 3.90. The average molecular weight is 235 g/mol. The number of carboxylic acid groups (broad SMARTS) is 1. The molecule has 5 nitrogen and oxygen atoms in total. The van der Waals surface area contributed by atoms with Gasteiger partial charge in [0.25, 0.3) is 0 Å². The Kier molecular flexibility index (Phi) is 3.20. The van der Waals surface area contributed by atoms with Gasteiger partial charge in [0.2, 0.25) is 0 Å². The maximum absolute atomic E-state index is 12.4. The molecule has 1 heterocycles. The first-order valence-corrected chi connectivity index (χ1v) is 3.90. The Bertz CT molecular complexity index is 421. The zero-order valence-electron chi connectivity index (χ0n) is 7.56. The molecule has 3 N–H and O–H groups in total. The number of aromatic carboxylic acids is 1. The lowest BCUT2D eigenvalue weighted by molar-refractivity contribution is -0.138. The van der Waals surface area contributed by atoms with Gasteiger partial charge in [-0.2, -0.15) is 13.2 Å². The number of aromatic nitrogens is 1. The number of carbonyl (C=O) groups is 1. The van der Waals surface area contributed by atoms with Crippen LogP contribution in [-0.2, 0) is 6.18 Å². The molecule has 0 fully saturated rings. The molecule has 0 aromatic carbocycles. The van der Waals surface area contributed by atoms with E-state index in [0.717, 1.165) is 0 Å². The fraction of sp³-hybridized carbons (Fsp3) is 0.143. The second-order valence-corrected chi connectivity index (χ2v) is 2.84. The molecule has 0 amide bonds. The van der Waals surface area contributed by atoms with Crippen molar-refractivity contribution in [2.45, 2.75) is 6.18 Å². The standard InChI is InChI=1S/C7H5BF3NO4/c9-7(10,11)4-1-3(8(15)16)2-12-5(4)6(13)14/h1-2,15-16H,(H,13,14). The molecule has 0 aliphatic carbocycles. The number of nitrogens with zero attached hydrogens (tertiary/aromatic N) is 1. The molecular formula is C7H5BF3NO4. The molecule has 0 aliphatic heterocycles. The maximum Gasteiger partial charge on any atom is 0.490 e. The van der Waals surface area contributed by atoms with Crippen molar-refractivity contribution in [3.8, 4) is 0 Å². The summed E-state index contributed by atoms with van der Waals surface area (Å²) in [4.78, 5) is 13.5. The molecule has 1 rings (SSSR count). The molecule has 0 aliphatic rings. The van der Waals surface area contributed by atoms with Crippen molar-refractivity contribution >= 4 is 18.6 Å². The van der Waals surface area contributed by atoms with Gasteiger partial charge in [0, 0.05) is 11.7 Å². The second kappa shape index (κ2) is 4.10. The Morgan fingerprint density at radius 1 is 1.38 bits per heavy atom. The van der Waals surface area contributed by atoms with Gasteiger partial charge in [-0.3, -0.25) is 0 Å². The SMILES string of the molecule is O=C(O)c1ncc(B(O)O)cc1C(F)(F)F. The van der Waals surface area contributed by atoms with E-state index in [-0.39, 0.29) is 0 Å². The fourth-order valence-corrected chi connectivity index (χ4v) is 1.01. The van der Waals surface area contributed by atoms with E-state index in [9.17, 15) is 18.0 Å². The third kappa shape index (κ3) is 2.50. The van der Waals surface area contributed by atoms with Gasteiger partial charge in [-0.25, -0.2) is 9.78 Å². The van der Waals surface area contributed by atoms with Crippen LogP contribution in [0, 0.1) is 0 Å². The van der Waals surface area contributed by atoms with E-state index in [4.69, 9.17) is 15.2 Å². The molecule has 9 heteroatoms. The summed E-state index contributed by atoms with van der Waals surface area (Å²) in [5.41, 5.74) is -3.24. The summed E-state index contributed by atoms with van der Waals surface area (Å²) in [6.07, 6.45) is -4.27. The predicted molar refractivity (Wildman–Crippen MR) is 46.0 cm³/mol. The van der Waals surface area contributed by atoms with Gasteiger partial charge >= 0.3 is 19.3 Å². The largest absolute Gasteiger partial charge is 0.490 e. The van der Waals surface area contributed by atoms with Gasteiger partial charge in [-0.05, 0) is 6.07 Å². The van der Waals surface area contributed by atoms with E-state index in [1.54, 1.807) is 0 Å². The molecule has 16 heavy (non-hydrogen) atoms. The molecule has 0 bridgehead atoms. The van der Waals surface area contributed by atoms with Crippen LogP contribution in [0.25, 0.3) is 0 Å². The molecular weight excluding hydrogens is 230 g/mol. The zero-order chi connectivity index (χ0) is 12.5. The molecule has 1 aromatic rings. The van der Waals surface area contributed by atoms with Crippen LogP contribution in [0.5, 0.6) is 0 Å². The summed E-state index contributed by atoms with van der Waals surface area (Å²) in [6, 6.07) is 0.334. The predicted octanol–water partition coefficient (Wildman–Crippen LogP) is -0.522. The molecule has 1 aromatic heterocycles. The Balaban J connectivity index is 3.39. The summed E-state index contributed by atoms with van der Waals surface area (Å²) < 4.78 is 37.2. The lowest BCUT2D eigenvalue weighted by atomic mass is 9.80. The van der Waals surface area contributed by atoms with Crippen LogP contribution in [0.3, 0.4) is 0 Å². The van der Waals surface area contributed by atoms with Gasteiger partial charge in [0.1, 0.15) is 0 Å². The molecule has 0 saturated carbocycles. The number of pyridine rings is 1. The number of halogens is 3. The van der Waals surface area contributed by atoms with E-state index < -0.39 is 36.0 Å². The van der Waals surface area contributed by atoms with Crippen molar-refractivity contribution in [1.29, 1.82) is 0 Å². The number of hydrogen-bond acceptors (Lipinski definition) is 4. The average Bonchev–Trinajstić information content (AvgIpc) is 2.15. The van der Waals surface area contributed by atoms with Crippen LogP contribution in [0.4, 0.5) is 13.2 Å². The van der Waals surface area contributed by atoms with Crippen LogP contribution in [-0.4, -0.2) is 33.2 Å². The van der Waals surface area contributed by atoms with Crippen molar-refractivity contribution < 1.29 is 33.1 Å². The molecule has 0 atom stereocenters. The Morgan fingerprint density at radius 2 is 1.94 bits per heavy atom. The summed E-state index contributed by atoms with van der Waals surface area (Å²) in [6.45, 7) is 0. The van der Waals surface area contributed by atoms with Crippen molar-refractivity contribution in [3.63, 3.8) is 0 Å². The van der Waals surface area contributed by atoms with Gasteiger partial charge < -0.3 is 15.2 Å². The lowest BCUT2D eigenvalue weighted by Crippen LogP contribution is -2.32. The van der Waals surface area contributed by atoms with E-state index in [1.807, 2.05) is 0 Å². The summed E-state index contributed by atoms with van der Waals surface area (Å²) >= 11 is 0. The van der Waals surface area contributed by atoms with Gasteiger partial charge in [-0.15, -0.1) is 0 Å². The van der Waals surface area contributed by atoms with Gasteiger partial charge in [-0.1, -0.05) is 0 Å². The third-order valence-corrected chi connectivity index (χ3v) is 1.71. The third-order valence-electron chi connectivity index (χ3n) is 1.71. The lowest BCUT2D eigenvalue weighted by Gasteiger charge is -2.10. The topological polar surface area (TPSA) is 90.7 Å². The summed E-state index contributed by atoms with van der Waals surface area (Å²) in [7, 11) is -2.14. The first kappa shape index (κ1) is 12.5. The van der Waals surface area contributed by atoms with Crippen molar-refractivity contribution in [1.82, 2.24) is 4.98 Å². The van der Waals surface area contributed by atoms with Gasteiger partial charge in [0.15, 0.2) is 5.69 Å². The van der Waals surface area contributed by atoms with Crippen LogP contribution >= 0.6 is 0 Å². The minimum absolute atomic E-state index is 0.334. The minimum Gasteiger partial charge on any atom is -0.476 e. The normalized spacial score (nSPS) is 11.3. The Labute approximate surface area is 87.3 Å². The number of carboxylic acids is 1. The summed E-state index contributed by atoms with van der Waals surface area (Å²) in [5, 5.41) is 25.8. The summed E-state index contributed by atoms with van der Waals surface area (Å²) in [5.74, 6) is -1.84. The highest BCUT2D eigenvalue weighted by molar-refractivity contribution is 6.58. The monoisotopic (exact) mass is 235 g/mol. The number of rotatable bonds is 2. The molecule has 0 unspecified atom stereocenters. The smallest absolute Gasteiger partial charge is 0.476 e. The molecule has 0 spiro atoms. The van der Waals surface area contributed by atoms with E-state index in [1.165, 1.54) is 0 Å². The molecule has 86 valence electrons. The highest BCUT2D eigenvalue weighted by atomic mass is 19.4. The first-order chi connectivity index (χ1) is 7.23. The van der Waals surface area contributed by atoms with Crippen LogP contribution in [0.2, 0.25) is 0 Å². The van der Waals surface area contributed by atoms with Crippen LogP contribution in [0.15, 0.2) is 12.3 Å².